The molecular weight excluding hydrogens is 443 g/mol. The molecule has 0 spiro atoms. The number of carbonyl (C=O) groups is 5. The highest BCUT2D eigenvalue weighted by Gasteiger charge is 2.29. The van der Waals surface area contributed by atoms with Crippen LogP contribution in [0.2, 0.25) is 0 Å². The van der Waals surface area contributed by atoms with Gasteiger partial charge in [-0.25, -0.2) is 14.4 Å². The first kappa shape index (κ1) is 28.5. The van der Waals surface area contributed by atoms with Crippen molar-refractivity contribution in [3.8, 4) is 0 Å². The molecule has 31 heavy (non-hydrogen) atoms. The van der Waals surface area contributed by atoms with Crippen LogP contribution in [-0.4, -0.2) is 73.8 Å². The van der Waals surface area contributed by atoms with Crippen molar-refractivity contribution >= 4 is 37.5 Å². The topological polar surface area (TPSA) is 237 Å². The summed E-state index contributed by atoms with van der Waals surface area (Å²) in [6, 6.07) is -2.99. The molecule has 14 nitrogen and oxygen atoms in total. The highest BCUT2D eigenvalue weighted by atomic mass is 31.2. The van der Waals surface area contributed by atoms with Gasteiger partial charge in [0.15, 0.2) is 0 Å². The molecule has 0 bridgehead atoms. The van der Waals surface area contributed by atoms with Crippen LogP contribution >= 0.6 is 7.75 Å². The number of hydrogen-bond donors (Lipinski definition) is 7. The minimum atomic E-state index is -4.62. The maximum atomic E-state index is 11.9. The van der Waals surface area contributed by atoms with Crippen molar-refractivity contribution in [3.05, 3.63) is 0 Å². The summed E-state index contributed by atoms with van der Waals surface area (Å²) in [5.41, 5.74) is 0. The largest absolute Gasteiger partial charge is 0.481 e. The number of hydrogen-bond acceptors (Lipinski definition) is 7. The van der Waals surface area contributed by atoms with Gasteiger partial charge in [0.25, 0.3) is 0 Å². The highest BCUT2D eigenvalue weighted by Crippen LogP contribution is 2.38. The van der Waals surface area contributed by atoms with E-state index in [1.165, 1.54) is 6.92 Å². The summed E-state index contributed by atoms with van der Waals surface area (Å²) in [5.74, 6) is -6.75. The van der Waals surface area contributed by atoms with E-state index in [4.69, 9.17) is 20.4 Å². The molecule has 0 aromatic rings. The summed E-state index contributed by atoms with van der Waals surface area (Å²) < 4.78 is 16.6. The Morgan fingerprint density at radius 3 is 1.94 bits per heavy atom. The van der Waals surface area contributed by atoms with Crippen LogP contribution in [0.5, 0.6) is 0 Å². The molecule has 7 N–H and O–H groups in total. The minimum absolute atomic E-state index is 0.0165. The quantitative estimate of drug-likeness (QED) is 0.108. The second-order valence-electron chi connectivity index (χ2n) is 6.68. The molecule has 2 unspecified atom stereocenters. The van der Waals surface area contributed by atoms with Crippen LogP contribution in [0.4, 0.5) is 0 Å². The van der Waals surface area contributed by atoms with Gasteiger partial charge in [0.1, 0.15) is 12.1 Å². The van der Waals surface area contributed by atoms with Crippen molar-refractivity contribution in [2.75, 3.05) is 6.61 Å². The molecule has 15 heteroatoms. The third-order valence-corrected chi connectivity index (χ3v) is 5.20. The zero-order chi connectivity index (χ0) is 24.2. The molecule has 0 aromatic heterocycles. The first-order chi connectivity index (χ1) is 14.2. The van der Waals surface area contributed by atoms with Gasteiger partial charge in [-0.1, -0.05) is 6.92 Å². The maximum Gasteiger partial charge on any atom is 0.403 e. The number of aliphatic carboxylic acids is 4. The minimum Gasteiger partial charge on any atom is -0.481 e. The Morgan fingerprint density at radius 2 is 1.45 bits per heavy atom. The fourth-order valence-electron chi connectivity index (χ4n) is 2.22. The fraction of sp³-hybridized carbons (Fsp3) is 0.688. The van der Waals surface area contributed by atoms with E-state index >= 15 is 0 Å². The molecule has 0 aliphatic rings. The van der Waals surface area contributed by atoms with Crippen molar-refractivity contribution in [2.24, 2.45) is 5.92 Å². The summed E-state index contributed by atoms with van der Waals surface area (Å²) in [5, 5.41) is 39.5. The molecule has 1 amide bonds. The molecule has 0 aliphatic heterocycles. The lowest BCUT2D eigenvalue weighted by molar-refractivity contribution is -0.143. The number of amides is 1. The predicted molar refractivity (Wildman–Crippen MR) is 102 cm³/mol. The van der Waals surface area contributed by atoms with Gasteiger partial charge in [0.05, 0.1) is 12.5 Å². The SMILES string of the molecule is CC(CCC(=O)N[C@@H](CCCOP(=O)(O)N[C@@H](CCC(=O)O)C(=O)O)C(=O)O)C(=O)O. The van der Waals surface area contributed by atoms with E-state index in [-0.39, 0.29) is 25.7 Å². The Hall–Kier alpha value is -2.54. The Labute approximate surface area is 177 Å². The van der Waals surface area contributed by atoms with E-state index in [2.05, 4.69) is 9.84 Å². The van der Waals surface area contributed by atoms with Crippen molar-refractivity contribution in [3.63, 3.8) is 0 Å². The van der Waals surface area contributed by atoms with Gasteiger partial charge in [0.2, 0.25) is 5.91 Å². The third-order valence-electron chi connectivity index (χ3n) is 4.03. The van der Waals surface area contributed by atoms with Crippen molar-refractivity contribution < 1.29 is 58.4 Å². The number of nitrogens with one attached hydrogen (secondary N) is 2. The molecule has 0 aliphatic carbocycles. The molecule has 0 rings (SSSR count). The summed E-state index contributed by atoms with van der Waals surface area (Å²) in [7, 11) is -4.62. The monoisotopic (exact) mass is 470 g/mol. The van der Waals surface area contributed by atoms with Gasteiger partial charge in [0, 0.05) is 12.8 Å². The Morgan fingerprint density at radius 1 is 0.871 bits per heavy atom. The lowest BCUT2D eigenvalue weighted by atomic mass is 10.1. The first-order valence-electron chi connectivity index (χ1n) is 9.20. The Bertz CT molecular complexity index is 713. The Balaban J connectivity index is 4.52. The van der Waals surface area contributed by atoms with Crippen LogP contribution in [0.25, 0.3) is 0 Å². The summed E-state index contributed by atoms with van der Waals surface area (Å²) in [6.07, 6.45) is -1.49. The zero-order valence-electron chi connectivity index (χ0n) is 16.7. The van der Waals surface area contributed by atoms with E-state index in [1.54, 1.807) is 0 Å². The van der Waals surface area contributed by atoms with E-state index in [1.807, 2.05) is 5.09 Å². The van der Waals surface area contributed by atoms with Crippen LogP contribution in [0, 0.1) is 5.92 Å². The lowest BCUT2D eigenvalue weighted by Gasteiger charge is -2.19. The average Bonchev–Trinajstić information content (AvgIpc) is 2.64. The van der Waals surface area contributed by atoms with E-state index in [0.29, 0.717) is 0 Å². The van der Waals surface area contributed by atoms with Crippen LogP contribution in [0.15, 0.2) is 0 Å². The smallest absolute Gasteiger partial charge is 0.403 e. The van der Waals surface area contributed by atoms with Crippen LogP contribution < -0.4 is 10.4 Å². The second-order valence-corrected chi connectivity index (χ2v) is 8.24. The van der Waals surface area contributed by atoms with Crippen LogP contribution in [-0.2, 0) is 33.1 Å². The third kappa shape index (κ3) is 13.4. The molecule has 0 fully saturated rings. The van der Waals surface area contributed by atoms with Crippen molar-refractivity contribution in [1.82, 2.24) is 10.4 Å². The first-order valence-corrected chi connectivity index (χ1v) is 10.8. The Kier molecular flexibility index (Phi) is 12.6. The number of carboxylic acid groups (broad SMARTS) is 4. The number of carbonyl (C=O) groups excluding carboxylic acids is 1. The number of carboxylic acids is 4. The lowest BCUT2D eigenvalue weighted by Crippen LogP contribution is -2.41. The molecule has 0 heterocycles. The number of rotatable bonds is 17. The molecule has 0 saturated heterocycles. The van der Waals surface area contributed by atoms with Gasteiger partial charge >= 0.3 is 31.6 Å². The molecular formula is C16H27N2O12P. The van der Waals surface area contributed by atoms with Gasteiger partial charge in [-0.3, -0.25) is 23.7 Å². The predicted octanol–water partition coefficient (Wildman–Crippen LogP) is -0.138. The standard InChI is InChI=1S/C16H27N2O12P/c1-9(14(22)23)4-6-12(19)17-10(15(24)25)3-2-8-30-31(28,29)18-11(16(26)27)5-7-13(20)21/h9-11H,2-8H2,1H3,(H,17,19)(H,20,21)(H,22,23)(H,24,25)(H,26,27)(H2,18,28,29)/t9?,10-,11-/m0/s1. The molecule has 0 saturated carbocycles. The van der Waals surface area contributed by atoms with Crippen molar-refractivity contribution in [1.29, 1.82) is 0 Å². The van der Waals surface area contributed by atoms with E-state index in [0.717, 1.165) is 0 Å². The van der Waals surface area contributed by atoms with Gasteiger partial charge in [-0.2, -0.15) is 0 Å². The van der Waals surface area contributed by atoms with Crippen molar-refractivity contribution in [2.45, 2.75) is 57.5 Å². The molecule has 178 valence electrons. The van der Waals surface area contributed by atoms with Gasteiger partial charge in [-0.15, -0.1) is 0 Å². The molecule has 0 radical (unpaired) electrons. The second kappa shape index (κ2) is 13.7. The maximum absolute atomic E-state index is 11.9. The average molecular weight is 470 g/mol. The van der Waals surface area contributed by atoms with Gasteiger partial charge < -0.3 is 30.6 Å². The highest BCUT2D eigenvalue weighted by molar-refractivity contribution is 7.50. The van der Waals surface area contributed by atoms with E-state index in [9.17, 15) is 33.4 Å². The van der Waals surface area contributed by atoms with Gasteiger partial charge in [-0.05, 0) is 25.7 Å². The molecule has 0 aromatic carbocycles. The van der Waals surface area contributed by atoms with Crippen LogP contribution in [0.1, 0.15) is 45.4 Å². The zero-order valence-corrected chi connectivity index (χ0v) is 17.6. The summed E-state index contributed by atoms with van der Waals surface area (Å²) in [6.45, 7) is 0.946. The molecule has 4 atom stereocenters. The summed E-state index contributed by atoms with van der Waals surface area (Å²) >= 11 is 0. The normalized spacial score (nSPS) is 15.8. The summed E-state index contributed by atoms with van der Waals surface area (Å²) in [4.78, 5) is 65.0. The van der Waals surface area contributed by atoms with E-state index < -0.39 is 75.0 Å². The van der Waals surface area contributed by atoms with Crippen LogP contribution in [0.3, 0.4) is 0 Å². The fourth-order valence-corrected chi connectivity index (χ4v) is 3.30.